The van der Waals surface area contributed by atoms with E-state index in [4.69, 9.17) is 9.47 Å². The van der Waals surface area contributed by atoms with Crippen LogP contribution in [-0.4, -0.2) is 67.6 Å². The lowest BCUT2D eigenvalue weighted by Crippen LogP contribution is -2.29. The van der Waals surface area contributed by atoms with Crippen molar-refractivity contribution in [2.45, 2.75) is 96.5 Å². The minimum atomic E-state index is -3.54. The van der Waals surface area contributed by atoms with Crippen LogP contribution in [0.1, 0.15) is 90.4 Å². The second kappa shape index (κ2) is 19.3. The quantitative estimate of drug-likeness (QED) is 0.155. The van der Waals surface area contributed by atoms with E-state index >= 15 is 0 Å². The van der Waals surface area contributed by atoms with Gasteiger partial charge in [-0.2, -0.15) is 8.42 Å². The van der Waals surface area contributed by atoms with Crippen molar-refractivity contribution in [3.63, 3.8) is 0 Å². The van der Waals surface area contributed by atoms with E-state index in [1.54, 1.807) is 0 Å². The predicted octanol–water partition coefficient (Wildman–Crippen LogP) is 4.50. The van der Waals surface area contributed by atoms with Gasteiger partial charge in [-0.15, -0.1) is 0 Å². The Balaban J connectivity index is 3.65. The van der Waals surface area contributed by atoms with Crippen molar-refractivity contribution >= 4 is 20.0 Å². The normalized spacial score (nSPS) is 13.5. The summed E-state index contributed by atoms with van der Waals surface area (Å²) in [5.41, 5.74) is 0. The summed E-state index contributed by atoms with van der Waals surface area (Å²) in [5, 5.41) is 0. The molecule has 188 valence electrons. The lowest BCUT2D eigenvalue weighted by atomic mass is 10.1. The summed E-state index contributed by atoms with van der Waals surface area (Å²) in [7, 11) is -5.43. The molecule has 0 fully saturated rings. The molecule has 0 aliphatic carbocycles. The van der Waals surface area contributed by atoms with Gasteiger partial charge in [-0.25, -0.2) is 8.42 Å². The first-order valence-electron chi connectivity index (χ1n) is 11.9. The van der Waals surface area contributed by atoms with Crippen LogP contribution in [0.15, 0.2) is 0 Å². The van der Waals surface area contributed by atoms with Gasteiger partial charge in [-0.1, -0.05) is 77.6 Å². The lowest BCUT2D eigenvalue weighted by Gasteiger charge is -2.16. The van der Waals surface area contributed by atoms with E-state index in [1.165, 1.54) is 71.3 Å². The Bertz CT molecular complexity index is 603. The molecule has 0 aromatic rings. The fourth-order valence-corrected chi connectivity index (χ4v) is 5.24. The number of methoxy groups -OCH3 is 1. The number of ether oxygens (including phenoxy) is 2. The second-order valence-corrected chi connectivity index (χ2v) is 12.2. The van der Waals surface area contributed by atoms with E-state index in [1.807, 2.05) is 0 Å². The van der Waals surface area contributed by atoms with Crippen molar-refractivity contribution in [3.05, 3.63) is 0 Å². The van der Waals surface area contributed by atoms with Gasteiger partial charge < -0.3 is 9.47 Å². The summed E-state index contributed by atoms with van der Waals surface area (Å²) < 4.78 is 61.4. The van der Waals surface area contributed by atoms with Crippen molar-refractivity contribution < 1.29 is 30.5 Å². The van der Waals surface area contributed by atoms with Crippen LogP contribution >= 0.6 is 0 Å². The van der Waals surface area contributed by atoms with Gasteiger partial charge in [0.15, 0.2) is 9.84 Å². The van der Waals surface area contributed by atoms with Crippen molar-refractivity contribution in [1.82, 2.24) is 0 Å². The minimum Gasteiger partial charge on any atom is -0.379 e. The first-order valence-corrected chi connectivity index (χ1v) is 15.5. The van der Waals surface area contributed by atoms with Gasteiger partial charge >= 0.3 is 0 Å². The fraction of sp³-hybridized carbons (Fsp3) is 1.00. The Morgan fingerprint density at radius 3 is 1.71 bits per heavy atom. The Labute approximate surface area is 191 Å². The number of sulfone groups is 1. The molecule has 0 rings (SSSR count). The Hall–Kier alpha value is -0.220. The SMILES string of the molecule is CCCCCCCCCCCCCCOCC(CS(=O)(=O)CCCOS(C)(=O)=O)OC. The van der Waals surface area contributed by atoms with Gasteiger partial charge in [0, 0.05) is 13.7 Å². The van der Waals surface area contributed by atoms with Crippen molar-refractivity contribution in [2.24, 2.45) is 0 Å². The number of hydrogen-bond donors (Lipinski definition) is 0. The highest BCUT2D eigenvalue weighted by Crippen LogP contribution is 2.12. The van der Waals surface area contributed by atoms with E-state index in [0.717, 1.165) is 19.1 Å². The molecule has 0 aromatic heterocycles. The molecule has 1 unspecified atom stereocenters. The average molecular weight is 487 g/mol. The summed E-state index contributed by atoms with van der Waals surface area (Å²) in [4.78, 5) is 0. The van der Waals surface area contributed by atoms with Crippen LogP contribution in [0.25, 0.3) is 0 Å². The maximum Gasteiger partial charge on any atom is 0.264 e. The molecular weight excluding hydrogens is 440 g/mol. The molecule has 0 saturated carbocycles. The molecule has 0 spiro atoms. The Morgan fingerprint density at radius 2 is 1.23 bits per heavy atom. The number of hydrogen-bond acceptors (Lipinski definition) is 7. The average Bonchev–Trinajstić information content (AvgIpc) is 2.70. The molecule has 0 heterocycles. The zero-order valence-corrected chi connectivity index (χ0v) is 21.6. The second-order valence-electron chi connectivity index (χ2n) is 8.32. The zero-order valence-electron chi connectivity index (χ0n) is 20.0. The van der Waals surface area contributed by atoms with Crippen molar-refractivity contribution in [1.29, 1.82) is 0 Å². The van der Waals surface area contributed by atoms with Gasteiger partial charge in [-0.05, 0) is 12.8 Å². The third kappa shape index (κ3) is 22.8. The summed E-state index contributed by atoms with van der Waals surface area (Å²) >= 11 is 0. The van der Waals surface area contributed by atoms with Gasteiger partial charge in [-0.3, -0.25) is 4.18 Å². The molecule has 0 amide bonds. The highest BCUT2D eigenvalue weighted by atomic mass is 32.2. The molecule has 0 N–H and O–H groups in total. The Kier molecular flexibility index (Phi) is 19.1. The molecule has 31 heavy (non-hydrogen) atoms. The minimum absolute atomic E-state index is 0.131. The van der Waals surface area contributed by atoms with E-state index in [2.05, 4.69) is 11.1 Å². The predicted molar refractivity (Wildman–Crippen MR) is 127 cm³/mol. The molecule has 0 aliphatic heterocycles. The molecule has 0 aromatic carbocycles. The highest BCUT2D eigenvalue weighted by Gasteiger charge is 2.19. The van der Waals surface area contributed by atoms with Crippen LogP contribution in [-0.2, 0) is 33.6 Å². The van der Waals surface area contributed by atoms with Crippen LogP contribution in [0.3, 0.4) is 0 Å². The summed E-state index contributed by atoms with van der Waals surface area (Å²) in [6.45, 7) is 2.97. The topological polar surface area (TPSA) is 96.0 Å². The zero-order chi connectivity index (χ0) is 23.4. The molecule has 0 radical (unpaired) electrons. The molecule has 0 saturated heterocycles. The van der Waals surface area contributed by atoms with E-state index in [9.17, 15) is 16.8 Å². The molecule has 0 bridgehead atoms. The van der Waals surface area contributed by atoms with Crippen molar-refractivity contribution in [2.75, 3.05) is 44.7 Å². The molecule has 0 aliphatic rings. The molecular formula is C22H46O7S2. The van der Waals surface area contributed by atoms with Gasteiger partial charge in [0.25, 0.3) is 10.1 Å². The van der Waals surface area contributed by atoms with Crippen LogP contribution in [0.4, 0.5) is 0 Å². The molecule has 9 heteroatoms. The highest BCUT2D eigenvalue weighted by molar-refractivity contribution is 7.91. The van der Waals surface area contributed by atoms with Crippen LogP contribution in [0.5, 0.6) is 0 Å². The number of unbranched alkanes of at least 4 members (excludes halogenated alkanes) is 11. The summed E-state index contributed by atoms with van der Waals surface area (Å²) in [6, 6.07) is 0. The van der Waals surface area contributed by atoms with Crippen LogP contribution < -0.4 is 0 Å². The maximum absolute atomic E-state index is 12.1. The lowest BCUT2D eigenvalue weighted by molar-refractivity contribution is 0.0190. The Morgan fingerprint density at radius 1 is 0.710 bits per heavy atom. The third-order valence-electron chi connectivity index (χ3n) is 5.12. The standard InChI is InChI=1S/C22H46O7S2/c1-4-5-6-7-8-9-10-11-12-13-14-15-17-28-20-22(27-2)21-31(25,26)19-16-18-29-30(3,23)24/h22H,4-21H2,1-3H3. The van der Waals surface area contributed by atoms with E-state index in [-0.39, 0.29) is 31.1 Å². The molecule has 1 atom stereocenters. The van der Waals surface area contributed by atoms with Crippen LogP contribution in [0.2, 0.25) is 0 Å². The van der Waals surface area contributed by atoms with E-state index < -0.39 is 26.1 Å². The fourth-order valence-electron chi connectivity index (χ4n) is 3.30. The monoisotopic (exact) mass is 486 g/mol. The summed E-state index contributed by atoms with van der Waals surface area (Å²) in [6.07, 6.45) is 16.0. The first-order chi connectivity index (χ1) is 14.7. The van der Waals surface area contributed by atoms with E-state index in [0.29, 0.717) is 6.61 Å². The van der Waals surface area contributed by atoms with Gasteiger partial charge in [0.05, 0.1) is 37.1 Å². The maximum atomic E-state index is 12.1. The number of rotatable bonds is 23. The first kappa shape index (κ1) is 30.8. The van der Waals surface area contributed by atoms with Gasteiger partial charge in [0.2, 0.25) is 0 Å². The molecule has 7 nitrogen and oxygen atoms in total. The smallest absolute Gasteiger partial charge is 0.264 e. The third-order valence-corrected chi connectivity index (χ3v) is 7.50. The van der Waals surface area contributed by atoms with Gasteiger partial charge in [0.1, 0.15) is 0 Å². The van der Waals surface area contributed by atoms with Crippen LogP contribution in [0, 0.1) is 0 Å². The largest absolute Gasteiger partial charge is 0.379 e. The summed E-state index contributed by atoms with van der Waals surface area (Å²) in [5.74, 6) is -0.276. The van der Waals surface area contributed by atoms with Crippen molar-refractivity contribution in [3.8, 4) is 0 Å².